The van der Waals surface area contributed by atoms with Crippen LogP contribution in [0.25, 0.3) is 11.1 Å². The monoisotopic (exact) mass is 747 g/mol. The lowest BCUT2D eigenvalue weighted by Gasteiger charge is -2.20. The average Bonchev–Trinajstić information content (AvgIpc) is 3.44. The Morgan fingerprint density at radius 2 is 1.55 bits per heavy atom. The number of anilines is 1. The predicted octanol–water partition coefficient (Wildman–Crippen LogP) is 4.85. The number of fused-ring (bicyclic) bond motifs is 3. The molecule has 0 bridgehead atoms. The van der Waals surface area contributed by atoms with Gasteiger partial charge in [0, 0.05) is 35.8 Å². The summed E-state index contributed by atoms with van der Waals surface area (Å²) in [4.78, 5) is 59.3. The van der Waals surface area contributed by atoms with Crippen molar-refractivity contribution in [2.45, 2.75) is 36.3 Å². The Bertz CT molecular complexity index is 2100. The van der Waals surface area contributed by atoms with Crippen LogP contribution in [-0.4, -0.2) is 61.3 Å². The second-order valence-electron chi connectivity index (χ2n) is 11.6. The highest BCUT2D eigenvalue weighted by molar-refractivity contribution is 7.85. The molecule has 0 saturated heterocycles. The van der Waals surface area contributed by atoms with E-state index in [2.05, 4.69) is 16.0 Å². The van der Waals surface area contributed by atoms with Crippen molar-refractivity contribution in [3.63, 3.8) is 0 Å². The van der Waals surface area contributed by atoms with Gasteiger partial charge in [-0.05, 0) is 59.4 Å². The van der Waals surface area contributed by atoms with Crippen LogP contribution < -0.4 is 26.4 Å². The fraction of sp³-hybridized carbons (Fsp3) is 0.200. The fourth-order valence-electron chi connectivity index (χ4n) is 5.69. The van der Waals surface area contributed by atoms with Gasteiger partial charge in [-0.3, -0.25) is 19.5 Å². The number of nitro groups is 1. The Hall–Kier alpha value is -6.53. The first-order valence-corrected chi connectivity index (χ1v) is 17.4. The molecule has 4 aromatic rings. The summed E-state index contributed by atoms with van der Waals surface area (Å²) in [5.74, 6) is -1.11. The molecular formula is C35H33N5O12S. The Labute approximate surface area is 302 Å². The van der Waals surface area contributed by atoms with E-state index >= 15 is 0 Å². The number of carbonyl (C=O) groups excluding carboxylic acids is 4. The first-order valence-electron chi connectivity index (χ1n) is 16.0. The lowest BCUT2D eigenvalue weighted by Crippen LogP contribution is -2.44. The number of non-ortho nitro benzene ring substituents is 1. The predicted molar refractivity (Wildman–Crippen MR) is 188 cm³/mol. The molecule has 4 aromatic carbocycles. The molecule has 276 valence electrons. The van der Waals surface area contributed by atoms with Crippen LogP contribution >= 0.6 is 0 Å². The number of nitrogens with two attached hydrogens (primary N) is 1. The van der Waals surface area contributed by atoms with Crippen molar-refractivity contribution in [1.82, 2.24) is 10.6 Å². The maximum Gasteiger partial charge on any atom is 0.514 e. The Morgan fingerprint density at radius 1 is 0.906 bits per heavy atom. The Kier molecular flexibility index (Phi) is 11.9. The smallest absolute Gasteiger partial charge is 0.449 e. The number of amides is 4. The molecule has 0 fully saturated rings. The minimum atomic E-state index is -4.92. The standard InChI is InChI=1S/C35H33N5O12S/c36-33(42)37-17-5-10-30(39-34(43)50-20-29-27-8-3-1-6-25(27)26-7-2-4-9-28(26)29)32(41)38-22-12-11-21(31(18-22)53(47,48)49)19-51-35(44)52-24-15-13-23(14-16-24)40(45)46/h1-4,6-9,11-16,18,29-30H,5,10,17,19-20H2,(H,38,41)(H,39,43)(H3,36,37,42)(H,47,48,49). The Balaban J connectivity index is 1.24. The van der Waals surface area contributed by atoms with E-state index < -0.39 is 56.8 Å². The maximum absolute atomic E-state index is 13.4. The van der Waals surface area contributed by atoms with Gasteiger partial charge >= 0.3 is 18.3 Å². The highest BCUT2D eigenvalue weighted by Crippen LogP contribution is 2.44. The highest BCUT2D eigenvalue weighted by Gasteiger charge is 2.30. The van der Waals surface area contributed by atoms with E-state index in [0.29, 0.717) is 0 Å². The number of nitrogens with one attached hydrogen (secondary N) is 3. The zero-order valence-electron chi connectivity index (χ0n) is 27.7. The molecule has 1 aliphatic rings. The van der Waals surface area contributed by atoms with Gasteiger partial charge in [0.2, 0.25) is 5.91 Å². The van der Waals surface area contributed by atoms with Gasteiger partial charge in [-0.2, -0.15) is 8.42 Å². The molecule has 0 radical (unpaired) electrons. The summed E-state index contributed by atoms with van der Waals surface area (Å²) < 4.78 is 49.9. The summed E-state index contributed by atoms with van der Waals surface area (Å²) in [5.41, 5.74) is 8.62. The number of benzene rings is 4. The third-order valence-corrected chi connectivity index (χ3v) is 9.06. The second-order valence-corrected chi connectivity index (χ2v) is 13.0. The number of rotatable bonds is 14. The van der Waals surface area contributed by atoms with Crippen molar-refractivity contribution in [1.29, 1.82) is 0 Å². The van der Waals surface area contributed by atoms with Crippen LogP contribution in [0.1, 0.15) is 35.4 Å². The quantitative estimate of drug-likeness (QED) is 0.0290. The molecular weight excluding hydrogens is 714 g/mol. The molecule has 53 heavy (non-hydrogen) atoms. The number of carbonyl (C=O) groups is 4. The van der Waals surface area contributed by atoms with Crippen LogP contribution in [0.3, 0.4) is 0 Å². The molecule has 0 aromatic heterocycles. The lowest BCUT2D eigenvalue weighted by atomic mass is 9.98. The number of nitrogens with zero attached hydrogens (tertiary/aromatic N) is 1. The molecule has 0 heterocycles. The number of nitro benzene ring substituents is 1. The minimum absolute atomic E-state index is 0.00423. The summed E-state index contributed by atoms with van der Waals surface area (Å²) in [7, 11) is -4.92. The van der Waals surface area contributed by atoms with Crippen molar-refractivity contribution in [2.24, 2.45) is 5.73 Å². The van der Waals surface area contributed by atoms with Gasteiger partial charge in [0.25, 0.3) is 15.8 Å². The van der Waals surface area contributed by atoms with E-state index in [4.69, 9.17) is 19.9 Å². The van der Waals surface area contributed by atoms with Crippen LogP contribution in [0, 0.1) is 10.1 Å². The summed E-state index contributed by atoms with van der Waals surface area (Å²) in [5, 5.41) is 18.2. The van der Waals surface area contributed by atoms with Crippen molar-refractivity contribution in [2.75, 3.05) is 18.5 Å². The van der Waals surface area contributed by atoms with Gasteiger partial charge in [0.05, 0.1) is 4.92 Å². The van der Waals surface area contributed by atoms with Gasteiger partial charge in [0.1, 0.15) is 29.9 Å². The summed E-state index contributed by atoms with van der Waals surface area (Å²) in [6.07, 6.45) is -1.97. The van der Waals surface area contributed by atoms with E-state index in [1.54, 1.807) is 0 Å². The van der Waals surface area contributed by atoms with Crippen molar-refractivity contribution in [3.8, 4) is 16.9 Å². The Morgan fingerprint density at radius 3 is 2.15 bits per heavy atom. The first-order chi connectivity index (χ1) is 25.3. The van der Waals surface area contributed by atoms with Gasteiger partial charge in [-0.15, -0.1) is 0 Å². The van der Waals surface area contributed by atoms with E-state index in [9.17, 15) is 42.3 Å². The van der Waals surface area contributed by atoms with Gasteiger partial charge in [-0.25, -0.2) is 14.4 Å². The van der Waals surface area contributed by atoms with E-state index in [0.717, 1.165) is 52.6 Å². The molecule has 5 rings (SSSR count). The van der Waals surface area contributed by atoms with E-state index in [1.807, 2.05) is 48.5 Å². The normalized spacial score (nSPS) is 12.4. The minimum Gasteiger partial charge on any atom is -0.449 e. The summed E-state index contributed by atoms with van der Waals surface area (Å²) >= 11 is 0. The number of hydrogen-bond donors (Lipinski definition) is 5. The zero-order chi connectivity index (χ0) is 38.1. The number of urea groups is 1. The largest absolute Gasteiger partial charge is 0.514 e. The molecule has 0 spiro atoms. The second kappa shape index (κ2) is 16.7. The van der Waals surface area contributed by atoms with Crippen LogP contribution in [-0.2, 0) is 31.0 Å². The van der Waals surface area contributed by atoms with Gasteiger partial charge in [0.15, 0.2) is 0 Å². The first kappa shape index (κ1) is 37.7. The zero-order valence-corrected chi connectivity index (χ0v) is 28.5. The number of ether oxygens (including phenoxy) is 3. The highest BCUT2D eigenvalue weighted by atomic mass is 32.2. The summed E-state index contributed by atoms with van der Waals surface area (Å²) in [6, 6.07) is 21.4. The third kappa shape index (κ3) is 9.83. The van der Waals surface area contributed by atoms with Crippen LogP contribution in [0.2, 0.25) is 0 Å². The van der Waals surface area contributed by atoms with Crippen molar-refractivity contribution in [3.05, 3.63) is 118 Å². The summed E-state index contributed by atoms with van der Waals surface area (Å²) in [6.45, 7) is -0.631. The molecule has 0 saturated carbocycles. The number of hydrogen-bond acceptors (Lipinski definition) is 11. The molecule has 1 atom stereocenters. The molecule has 6 N–H and O–H groups in total. The molecule has 1 aliphatic carbocycles. The number of alkyl carbamates (subject to hydrolysis) is 1. The maximum atomic E-state index is 13.4. The fourth-order valence-corrected chi connectivity index (χ4v) is 6.42. The molecule has 0 aliphatic heterocycles. The molecule has 18 heteroatoms. The van der Waals surface area contributed by atoms with E-state index in [1.165, 1.54) is 12.1 Å². The topological polar surface area (TPSA) is 256 Å². The average molecular weight is 748 g/mol. The molecule has 17 nitrogen and oxygen atoms in total. The molecule has 1 unspecified atom stereocenters. The van der Waals surface area contributed by atoms with Crippen LogP contribution in [0.5, 0.6) is 5.75 Å². The van der Waals surface area contributed by atoms with Crippen molar-refractivity contribution >= 4 is 45.7 Å². The van der Waals surface area contributed by atoms with Gasteiger partial charge in [-0.1, -0.05) is 54.6 Å². The van der Waals surface area contributed by atoms with Crippen LogP contribution in [0.15, 0.2) is 95.9 Å². The van der Waals surface area contributed by atoms with Crippen LogP contribution in [0.4, 0.5) is 25.8 Å². The lowest BCUT2D eigenvalue weighted by molar-refractivity contribution is -0.384. The van der Waals surface area contributed by atoms with E-state index in [-0.39, 0.29) is 54.6 Å². The molecule has 4 amide bonds. The van der Waals surface area contributed by atoms with Crippen molar-refractivity contribution < 1.29 is 51.3 Å². The third-order valence-electron chi connectivity index (χ3n) is 8.13. The number of primary amides is 1. The SMILES string of the molecule is NC(=O)NCCCC(NC(=O)OCC1c2ccccc2-c2ccccc21)C(=O)Nc1ccc(COC(=O)Oc2ccc([N+](=O)[O-])cc2)c(S(=O)(=O)O)c1. The van der Waals surface area contributed by atoms with Gasteiger partial charge < -0.3 is 35.9 Å².